The standard InChI is InChI=1S/C18H30FN3O/c1-5-18(4,13-23)12-22-17(20-6-2)21-10-9-15-7-8-16(19)11-14(15)3/h7-8,11,23H,5-6,9-10,12-13H2,1-4H3,(H2,20,21,22). The van der Waals surface area contributed by atoms with Crippen LogP contribution in [0.1, 0.15) is 38.3 Å². The lowest BCUT2D eigenvalue weighted by Gasteiger charge is -2.23. The van der Waals surface area contributed by atoms with E-state index in [2.05, 4.69) is 22.5 Å². The highest BCUT2D eigenvalue weighted by atomic mass is 19.1. The number of aliphatic hydroxyl groups is 1. The van der Waals surface area contributed by atoms with E-state index in [1.165, 1.54) is 6.07 Å². The number of hydrogen-bond acceptors (Lipinski definition) is 2. The molecule has 0 fully saturated rings. The molecule has 0 heterocycles. The summed E-state index contributed by atoms with van der Waals surface area (Å²) >= 11 is 0. The van der Waals surface area contributed by atoms with Gasteiger partial charge < -0.3 is 15.7 Å². The first-order valence-electron chi connectivity index (χ1n) is 8.32. The summed E-state index contributed by atoms with van der Waals surface area (Å²) in [5.74, 6) is 0.553. The number of nitrogens with zero attached hydrogens (tertiary/aromatic N) is 1. The van der Waals surface area contributed by atoms with Gasteiger partial charge in [0.25, 0.3) is 0 Å². The highest BCUT2D eigenvalue weighted by Gasteiger charge is 2.20. The van der Waals surface area contributed by atoms with Gasteiger partial charge in [-0.1, -0.05) is 19.9 Å². The van der Waals surface area contributed by atoms with Gasteiger partial charge >= 0.3 is 0 Å². The molecular weight excluding hydrogens is 293 g/mol. The Labute approximate surface area is 139 Å². The number of aliphatic imine (C=N–C) groups is 1. The average molecular weight is 323 g/mol. The molecule has 0 aliphatic rings. The lowest BCUT2D eigenvalue weighted by Crippen LogP contribution is -2.39. The van der Waals surface area contributed by atoms with Crippen LogP contribution in [-0.2, 0) is 6.42 Å². The molecule has 0 saturated carbocycles. The van der Waals surface area contributed by atoms with Crippen LogP contribution < -0.4 is 10.6 Å². The summed E-state index contributed by atoms with van der Waals surface area (Å²) in [6, 6.07) is 4.88. The van der Waals surface area contributed by atoms with Gasteiger partial charge in [0.1, 0.15) is 5.82 Å². The first-order chi connectivity index (χ1) is 10.9. The molecule has 5 heteroatoms. The molecule has 23 heavy (non-hydrogen) atoms. The van der Waals surface area contributed by atoms with E-state index in [9.17, 15) is 9.50 Å². The van der Waals surface area contributed by atoms with E-state index in [1.54, 1.807) is 6.07 Å². The molecule has 0 radical (unpaired) electrons. The fraction of sp³-hybridized carbons (Fsp3) is 0.611. The van der Waals surface area contributed by atoms with Crippen LogP contribution in [0.25, 0.3) is 0 Å². The quantitative estimate of drug-likeness (QED) is 0.509. The van der Waals surface area contributed by atoms with Crippen molar-refractivity contribution < 1.29 is 9.50 Å². The van der Waals surface area contributed by atoms with Crippen molar-refractivity contribution in [2.45, 2.75) is 40.5 Å². The molecule has 0 aliphatic carbocycles. The molecule has 1 rings (SSSR count). The molecule has 0 amide bonds. The van der Waals surface area contributed by atoms with Crippen LogP contribution in [0.4, 0.5) is 4.39 Å². The summed E-state index contributed by atoms with van der Waals surface area (Å²) in [4.78, 5) is 4.57. The zero-order chi connectivity index (χ0) is 17.3. The van der Waals surface area contributed by atoms with E-state index in [-0.39, 0.29) is 17.8 Å². The molecule has 0 bridgehead atoms. The van der Waals surface area contributed by atoms with E-state index in [0.29, 0.717) is 6.54 Å². The number of aliphatic hydroxyl groups excluding tert-OH is 1. The molecule has 0 aromatic heterocycles. The Kier molecular flexibility index (Phi) is 8.03. The predicted octanol–water partition coefficient (Wildman–Crippen LogP) is 2.64. The summed E-state index contributed by atoms with van der Waals surface area (Å²) in [7, 11) is 0. The van der Waals surface area contributed by atoms with Gasteiger partial charge in [-0.2, -0.15) is 0 Å². The smallest absolute Gasteiger partial charge is 0.191 e. The maximum Gasteiger partial charge on any atom is 0.191 e. The zero-order valence-electron chi connectivity index (χ0n) is 14.7. The van der Waals surface area contributed by atoms with Gasteiger partial charge in [0, 0.05) is 18.5 Å². The van der Waals surface area contributed by atoms with E-state index in [1.807, 2.05) is 26.8 Å². The Morgan fingerprint density at radius 3 is 2.61 bits per heavy atom. The van der Waals surface area contributed by atoms with Crippen molar-refractivity contribution >= 4 is 5.96 Å². The number of benzene rings is 1. The summed E-state index contributed by atoms with van der Waals surface area (Å²) in [6.07, 6.45) is 1.68. The molecule has 130 valence electrons. The Hall–Kier alpha value is -1.62. The molecule has 1 aromatic rings. The van der Waals surface area contributed by atoms with Crippen LogP contribution >= 0.6 is 0 Å². The normalized spacial score (nSPS) is 14.4. The number of rotatable bonds is 8. The average Bonchev–Trinajstić information content (AvgIpc) is 2.54. The predicted molar refractivity (Wildman–Crippen MR) is 94.3 cm³/mol. The van der Waals surface area contributed by atoms with Crippen molar-refractivity contribution in [1.82, 2.24) is 10.6 Å². The summed E-state index contributed by atoms with van der Waals surface area (Å²) in [6.45, 7) is 10.2. The number of aryl methyl sites for hydroxylation is 1. The largest absolute Gasteiger partial charge is 0.396 e. The van der Waals surface area contributed by atoms with Crippen molar-refractivity contribution in [2.24, 2.45) is 10.4 Å². The Morgan fingerprint density at radius 1 is 1.30 bits per heavy atom. The molecule has 1 unspecified atom stereocenters. The molecule has 4 nitrogen and oxygen atoms in total. The topological polar surface area (TPSA) is 56.7 Å². The molecule has 0 saturated heterocycles. The number of nitrogens with one attached hydrogen (secondary N) is 2. The minimum absolute atomic E-state index is 0.126. The fourth-order valence-electron chi connectivity index (χ4n) is 2.14. The third-order valence-electron chi connectivity index (χ3n) is 4.19. The second-order valence-corrected chi connectivity index (χ2v) is 6.27. The van der Waals surface area contributed by atoms with Crippen molar-refractivity contribution in [3.8, 4) is 0 Å². The van der Waals surface area contributed by atoms with Crippen LogP contribution in [0.3, 0.4) is 0 Å². The van der Waals surface area contributed by atoms with E-state index in [0.717, 1.165) is 43.0 Å². The first kappa shape index (κ1) is 19.4. The van der Waals surface area contributed by atoms with Crippen molar-refractivity contribution in [1.29, 1.82) is 0 Å². The van der Waals surface area contributed by atoms with Crippen LogP contribution in [-0.4, -0.2) is 37.3 Å². The highest BCUT2D eigenvalue weighted by molar-refractivity contribution is 5.79. The van der Waals surface area contributed by atoms with Gasteiger partial charge in [0.2, 0.25) is 0 Å². The zero-order valence-corrected chi connectivity index (χ0v) is 14.7. The van der Waals surface area contributed by atoms with Crippen LogP contribution in [0, 0.1) is 18.2 Å². The molecule has 1 aromatic carbocycles. The first-order valence-corrected chi connectivity index (χ1v) is 8.32. The van der Waals surface area contributed by atoms with E-state index in [4.69, 9.17) is 0 Å². The summed E-state index contributed by atoms with van der Waals surface area (Å²) < 4.78 is 13.1. The Balaban J connectivity index is 2.59. The minimum Gasteiger partial charge on any atom is -0.396 e. The molecule has 0 aliphatic heterocycles. The Morgan fingerprint density at radius 2 is 2.04 bits per heavy atom. The van der Waals surface area contributed by atoms with Gasteiger partial charge in [0.05, 0.1) is 13.2 Å². The maximum absolute atomic E-state index is 13.1. The van der Waals surface area contributed by atoms with Crippen LogP contribution in [0.15, 0.2) is 23.2 Å². The Bertz CT molecular complexity index is 513. The monoisotopic (exact) mass is 323 g/mol. The molecule has 1 atom stereocenters. The van der Waals surface area contributed by atoms with Gasteiger partial charge in [-0.3, -0.25) is 4.99 Å². The number of guanidine groups is 1. The van der Waals surface area contributed by atoms with E-state index < -0.39 is 0 Å². The van der Waals surface area contributed by atoms with Gasteiger partial charge in [0.15, 0.2) is 5.96 Å². The van der Waals surface area contributed by atoms with Crippen molar-refractivity contribution in [2.75, 3.05) is 26.2 Å². The lowest BCUT2D eigenvalue weighted by molar-refractivity contribution is 0.145. The third kappa shape index (κ3) is 6.57. The fourth-order valence-corrected chi connectivity index (χ4v) is 2.14. The number of halogens is 1. The van der Waals surface area contributed by atoms with Crippen molar-refractivity contribution in [3.63, 3.8) is 0 Å². The van der Waals surface area contributed by atoms with Gasteiger partial charge in [-0.05, 0) is 49.9 Å². The molecular formula is C18H30FN3O. The van der Waals surface area contributed by atoms with E-state index >= 15 is 0 Å². The lowest BCUT2D eigenvalue weighted by atomic mass is 9.89. The maximum atomic E-state index is 13.1. The molecule has 3 N–H and O–H groups in total. The minimum atomic E-state index is -0.197. The van der Waals surface area contributed by atoms with Crippen molar-refractivity contribution in [3.05, 3.63) is 35.1 Å². The summed E-state index contributed by atoms with van der Waals surface area (Å²) in [5, 5.41) is 16.0. The van der Waals surface area contributed by atoms with Crippen LogP contribution in [0.2, 0.25) is 0 Å². The third-order valence-corrected chi connectivity index (χ3v) is 4.19. The van der Waals surface area contributed by atoms with Gasteiger partial charge in [-0.25, -0.2) is 4.39 Å². The molecule has 0 spiro atoms. The highest BCUT2D eigenvalue weighted by Crippen LogP contribution is 2.20. The number of hydrogen-bond donors (Lipinski definition) is 3. The summed E-state index contributed by atoms with van der Waals surface area (Å²) in [5.41, 5.74) is 1.91. The van der Waals surface area contributed by atoms with Gasteiger partial charge in [-0.15, -0.1) is 0 Å². The second kappa shape index (κ2) is 9.50. The second-order valence-electron chi connectivity index (χ2n) is 6.27. The van der Waals surface area contributed by atoms with Crippen LogP contribution in [0.5, 0.6) is 0 Å². The SMILES string of the molecule is CCNC(=NCC(C)(CC)CO)NCCc1ccc(F)cc1C.